The number of benzene rings is 1. The fraction of sp³-hybridized carbons (Fsp3) is 0.263. The molecule has 0 radical (unpaired) electrons. The Morgan fingerprint density at radius 2 is 2.23 bits per heavy atom. The molecule has 5 rings (SSSR count). The number of nitrogens with one attached hydrogen (secondary N) is 1. The molecule has 1 N–H and O–H groups in total. The van der Waals surface area contributed by atoms with Gasteiger partial charge in [0.2, 0.25) is 11.7 Å². The van der Waals surface area contributed by atoms with Gasteiger partial charge in [-0.1, -0.05) is 6.07 Å². The summed E-state index contributed by atoms with van der Waals surface area (Å²) in [5.74, 6) is -0.555. The van der Waals surface area contributed by atoms with Gasteiger partial charge in [0.25, 0.3) is 12.3 Å². The van der Waals surface area contributed by atoms with Gasteiger partial charge in [0, 0.05) is 18.7 Å². The van der Waals surface area contributed by atoms with Crippen LogP contribution in [0.15, 0.2) is 39.8 Å². The molecule has 30 heavy (non-hydrogen) atoms. The van der Waals surface area contributed by atoms with Crippen LogP contribution in [0, 0.1) is 0 Å². The van der Waals surface area contributed by atoms with E-state index in [4.69, 9.17) is 13.6 Å². The normalized spacial score (nSPS) is 16.3. The SMILES string of the molecule is COc1cccc2oc([C@@H]3c4nc[nH]c4CCN3C(=O)c3ocnc3C(F)F)nc12. The average molecular weight is 415 g/mol. The smallest absolute Gasteiger partial charge is 0.292 e. The number of oxazole rings is 2. The molecule has 1 aliphatic rings. The third-order valence-corrected chi connectivity index (χ3v) is 5.03. The first-order valence-corrected chi connectivity index (χ1v) is 9.06. The third kappa shape index (κ3) is 2.73. The quantitative estimate of drug-likeness (QED) is 0.545. The molecule has 1 aliphatic heterocycles. The Hall–Kier alpha value is -3.76. The lowest BCUT2D eigenvalue weighted by Gasteiger charge is -2.32. The minimum absolute atomic E-state index is 0.189. The van der Waals surface area contributed by atoms with E-state index in [1.165, 1.54) is 18.3 Å². The Bertz CT molecular complexity index is 1230. The Balaban J connectivity index is 1.63. The topological polar surface area (TPSA) is 110 Å². The lowest BCUT2D eigenvalue weighted by molar-refractivity contribution is 0.0620. The zero-order chi connectivity index (χ0) is 20.8. The van der Waals surface area contributed by atoms with E-state index < -0.39 is 29.8 Å². The molecule has 1 atom stereocenters. The number of aromatic nitrogens is 4. The highest BCUT2D eigenvalue weighted by molar-refractivity contribution is 5.93. The predicted octanol–water partition coefficient (Wildman–Crippen LogP) is 3.27. The average Bonchev–Trinajstić information content (AvgIpc) is 3.50. The molecule has 0 unspecified atom stereocenters. The molecule has 11 heteroatoms. The summed E-state index contributed by atoms with van der Waals surface area (Å²) in [7, 11) is 1.52. The number of nitrogens with zero attached hydrogens (tertiary/aromatic N) is 4. The van der Waals surface area contributed by atoms with Crippen LogP contribution in [-0.4, -0.2) is 44.4 Å². The maximum atomic E-state index is 13.3. The molecule has 0 fully saturated rings. The van der Waals surface area contributed by atoms with Crippen molar-refractivity contribution in [2.45, 2.75) is 18.9 Å². The van der Waals surface area contributed by atoms with Crippen LogP contribution in [0.4, 0.5) is 8.78 Å². The van der Waals surface area contributed by atoms with E-state index in [9.17, 15) is 13.6 Å². The van der Waals surface area contributed by atoms with Crippen molar-refractivity contribution in [3.8, 4) is 5.75 Å². The summed E-state index contributed by atoms with van der Waals surface area (Å²) < 4.78 is 42.8. The van der Waals surface area contributed by atoms with E-state index >= 15 is 0 Å². The van der Waals surface area contributed by atoms with Gasteiger partial charge in [-0.05, 0) is 12.1 Å². The van der Waals surface area contributed by atoms with Gasteiger partial charge >= 0.3 is 0 Å². The van der Waals surface area contributed by atoms with Gasteiger partial charge < -0.3 is 23.5 Å². The van der Waals surface area contributed by atoms with Gasteiger partial charge in [-0.25, -0.2) is 23.7 Å². The zero-order valence-corrected chi connectivity index (χ0v) is 15.6. The number of hydrogen-bond acceptors (Lipinski definition) is 7. The first kappa shape index (κ1) is 18.3. The number of ether oxygens (including phenoxy) is 1. The first-order valence-electron chi connectivity index (χ1n) is 9.06. The van der Waals surface area contributed by atoms with Crippen LogP contribution < -0.4 is 4.74 Å². The highest BCUT2D eigenvalue weighted by atomic mass is 19.3. The highest BCUT2D eigenvalue weighted by Gasteiger charge is 2.40. The zero-order valence-electron chi connectivity index (χ0n) is 15.6. The molecule has 1 amide bonds. The van der Waals surface area contributed by atoms with Crippen molar-refractivity contribution in [2.75, 3.05) is 13.7 Å². The molecular weight excluding hydrogens is 400 g/mol. The van der Waals surface area contributed by atoms with E-state index in [1.807, 2.05) is 0 Å². The number of carbonyl (C=O) groups excluding carboxylic acids is 1. The Kier molecular flexibility index (Phi) is 4.23. The molecule has 3 aromatic heterocycles. The molecule has 154 valence electrons. The molecule has 0 saturated heterocycles. The number of H-pyrrole nitrogens is 1. The van der Waals surface area contributed by atoms with Crippen LogP contribution >= 0.6 is 0 Å². The molecule has 4 aromatic rings. The number of alkyl halides is 2. The van der Waals surface area contributed by atoms with Crippen molar-refractivity contribution < 1.29 is 27.1 Å². The molecule has 0 spiro atoms. The number of halogens is 2. The maximum absolute atomic E-state index is 13.3. The number of imidazole rings is 1. The summed E-state index contributed by atoms with van der Waals surface area (Å²) in [6.07, 6.45) is -0.147. The maximum Gasteiger partial charge on any atom is 0.292 e. The van der Waals surface area contributed by atoms with Gasteiger partial charge in [0.05, 0.1) is 19.1 Å². The number of hydrogen-bond donors (Lipinski definition) is 1. The number of aromatic amines is 1. The predicted molar refractivity (Wildman–Crippen MR) is 97.2 cm³/mol. The number of amides is 1. The summed E-state index contributed by atoms with van der Waals surface area (Å²) in [6.45, 7) is 0.220. The summed E-state index contributed by atoms with van der Waals surface area (Å²) in [4.78, 5) is 29.9. The van der Waals surface area contributed by atoms with Crippen molar-refractivity contribution in [2.24, 2.45) is 0 Å². The van der Waals surface area contributed by atoms with E-state index in [0.717, 1.165) is 12.1 Å². The lowest BCUT2D eigenvalue weighted by atomic mass is 10.0. The minimum Gasteiger partial charge on any atom is -0.494 e. The van der Waals surface area contributed by atoms with Gasteiger partial charge in [0.15, 0.2) is 29.2 Å². The lowest BCUT2D eigenvalue weighted by Crippen LogP contribution is -2.41. The second kappa shape index (κ2) is 6.94. The first-order chi connectivity index (χ1) is 14.6. The monoisotopic (exact) mass is 415 g/mol. The van der Waals surface area contributed by atoms with Gasteiger partial charge in [-0.15, -0.1) is 0 Å². The molecule has 9 nitrogen and oxygen atoms in total. The minimum atomic E-state index is -2.94. The van der Waals surface area contributed by atoms with Crippen molar-refractivity contribution in [3.63, 3.8) is 0 Å². The van der Waals surface area contributed by atoms with Crippen LogP contribution in [0.2, 0.25) is 0 Å². The number of methoxy groups -OCH3 is 1. The van der Waals surface area contributed by atoms with E-state index in [2.05, 4.69) is 19.9 Å². The van der Waals surface area contributed by atoms with Crippen LogP contribution in [0.5, 0.6) is 5.75 Å². The van der Waals surface area contributed by atoms with Gasteiger partial charge in [0.1, 0.15) is 5.75 Å². The molecule has 1 aromatic carbocycles. The third-order valence-electron chi connectivity index (χ3n) is 5.03. The summed E-state index contributed by atoms with van der Waals surface area (Å²) in [5.41, 5.74) is 1.58. The molecule has 4 heterocycles. The molecule has 0 aliphatic carbocycles. The van der Waals surface area contributed by atoms with Gasteiger partial charge in [-0.2, -0.15) is 0 Å². The number of fused-ring (bicyclic) bond motifs is 2. The van der Waals surface area contributed by atoms with Crippen molar-refractivity contribution in [1.29, 1.82) is 0 Å². The van der Waals surface area contributed by atoms with Gasteiger partial charge in [-0.3, -0.25) is 4.79 Å². The summed E-state index contributed by atoms with van der Waals surface area (Å²) in [6, 6.07) is 4.38. The van der Waals surface area contributed by atoms with E-state index in [0.29, 0.717) is 29.0 Å². The number of carbonyl (C=O) groups is 1. The molecular formula is C19H15F2N5O4. The largest absolute Gasteiger partial charge is 0.494 e. The standard InChI is InChI=1S/C19H15F2N5O4/c1-28-10-3-2-4-11-13(10)25-18(30-11)15-12-9(22-7-23-12)5-6-26(15)19(27)16-14(17(20)21)24-8-29-16/h2-4,7-8,15,17H,5-6H2,1H3,(H,22,23)/t15-/m0/s1. The summed E-state index contributed by atoms with van der Waals surface area (Å²) in [5, 5.41) is 0. The second-order valence-corrected chi connectivity index (χ2v) is 6.64. The van der Waals surface area contributed by atoms with Crippen LogP contribution in [0.1, 0.15) is 46.0 Å². The van der Waals surface area contributed by atoms with E-state index in [-0.39, 0.29) is 12.4 Å². The second-order valence-electron chi connectivity index (χ2n) is 6.64. The highest BCUT2D eigenvalue weighted by Crippen LogP contribution is 2.37. The fourth-order valence-electron chi connectivity index (χ4n) is 3.67. The van der Waals surface area contributed by atoms with Crippen molar-refractivity contribution in [3.05, 3.63) is 59.7 Å². The molecule has 0 bridgehead atoms. The van der Waals surface area contributed by atoms with Crippen LogP contribution in [0.3, 0.4) is 0 Å². The molecule has 0 saturated carbocycles. The van der Waals surface area contributed by atoms with E-state index in [1.54, 1.807) is 18.2 Å². The number of para-hydroxylation sites is 1. The Morgan fingerprint density at radius 3 is 3.03 bits per heavy atom. The number of rotatable bonds is 4. The van der Waals surface area contributed by atoms with Crippen LogP contribution in [0.25, 0.3) is 11.1 Å². The fourth-order valence-corrected chi connectivity index (χ4v) is 3.67. The van der Waals surface area contributed by atoms with Crippen LogP contribution in [-0.2, 0) is 6.42 Å². The Labute approximate surface area is 167 Å². The Morgan fingerprint density at radius 1 is 1.37 bits per heavy atom. The van der Waals surface area contributed by atoms with Crippen molar-refractivity contribution >= 4 is 17.0 Å². The summed E-state index contributed by atoms with van der Waals surface area (Å²) >= 11 is 0. The van der Waals surface area contributed by atoms with Crippen molar-refractivity contribution in [1.82, 2.24) is 24.8 Å².